The van der Waals surface area contributed by atoms with Crippen molar-refractivity contribution in [2.45, 2.75) is 0 Å². The van der Waals surface area contributed by atoms with Crippen molar-refractivity contribution >= 4 is 71.7 Å². The SMILES string of the molecule is c1ccc(N(c2ccc(-c3ccc4oc5ccccc5c4c3)cc2)c2ccc(-c3ccc4oc5cc6ccccc6cc5c4c3)cc2)cc1. The normalized spacial score (nSPS) is 11.7. The van der Waals surface area contributed by atoms with Crippen LogP contribution in [0.15, 0.2) is 185 Å². The average Bonchev–Trinajstić information content (AvgIpc) is 3.72. The van der Waals surface area contributed by atoms with Crippen LogP contribution in [0.25, 0.3) is 76.9 Å². The summed E-state index contributed by atoms with van der Waals surface area (Å²) < 4.78 is 12.3. The van der Waals surface area contributed by atoms with E-state index in [-0.39, 0.29) is 0 Å². The lowest BCUT2D eigenvalue weighted by Gasteiger charge is -2.26. The molecule has 3 nitrogen and oxygen atoms in total. The Bertz CT molecular complexity index is 2810. The first kappa shape index (κ1) is 27.5. The summed E-state index contributed by atoms with van der Waals surface area (Å²) in [4.78, 5) is 2.30. The van der Waals surface area contributed by atoms with Gasteiger partial charge in [-0.1, -0.05) is 97.1 Å². The molecule has 8 aromatic carbocycles. The molecule has 0 unspecified atom stereocenters. The van der Waals surface area contributed by atoms with Gasteiger partial charge in [0.05, 0.1) is 0 Å². The quantitative estimate of drug-likeness (QED) is 0.190. The molecule has 0 atom stereocenters. The average molecular weight is 628 g/mol. The Morgan fingerprint density at radius 3 is 1.39 bits per heavy atom. The standard InChI is InChI=1S/C46H29NO2/c1-2-10-36(11-3-1)47(37-20-14-30(15-21-37)34-18-24-44-40(27-34)39-12-6-7-13-43(39)48-44)38-22-16-31(17-23-38)35-19-25-45-41(28-35)42-26-32-8-4-5-9-33(32)29-46(42)49-45/h1-29H. The van der Waals surface area contributed by atoms with Crippen LogP contribution in [0.5, 0.6) is 0 Å². The third-order valence-corrected chi connectivity index (χ3v) is 9.65. The molecule has 49 heavy (non-hydrogen) atoms. The highest BCUT2D eigenvalue weighted by Crippen LogP contribution is 2.39. The van der Waals surface area contributed by atoms with Crippen molar-refractivity contribution in [3.8, 4) is 22.3 Å². The molecular formula is C46H29NO2. The Morgan fingerprint density at radius 2 is 0.735 bits per heavy atom. The molecule has 0 saturated carbocycles. The lowest BCUT2D eigenvalue weighted by atomic mass is 10.0. The summed E-state index contributed by atoms with van der Waals surface area (Å²) in [5.41, 5.74) is 11.6. The van der Waals surface area contributed by atoms with Crippen LogP contribution >= 0.6 is 0 Å². The van der Waals surface area contributed by atoms with Crippen LogP contribution in [-0.4, -0.2) is 0 Å². The lowest BCUT2D eigenvalue weighted by molar-refractivity contribution is 0.669. The fourth-order valence-corrected chi connectivity index (χ4v) is 7.18. The Morgan fingerprint density at radius 1 is 0.286 bits per heavy atom. The van der Waals surface area contributed by atoms with Gasteiger partial charge in [-0.25, -0.2) is 0 Å². The number of hydrogen-bond acceptors (Lipinski definition) is 3. The van der Waals surface area contributed by atoms with Gasteiger partial charge in [0.1, 0.15) is 22.3 Å². The Balaban J connectivity index is 1.00. The topological polar surface area (TPSA) is 29.5 Å². The molecule has 0 aliphatic rings. The first-order valence-corrected chi connectivity index (χ1v) is 16.6. The molecule has 0 spiro atoms. The number of anilines is 3. The van der Waals surface area contributed by atoms with E-state index < -0.39 is 0 Å². The summed E-state index contributed by atoms with van der Waals surface area (Å²) >= 11 is 0. The predicted octanol–water partition coefficient (Wildman–Crippen LogP) is 13.4. The zero-order valence-corrected chi connectivity index (χ0v) is 26.5. The van der Waals surface area contributed by atoms with E-state index in [1.54, 1.807) is 0 Å². The highest BCUT2D eigenvalue weighted by molar-refractivity contribution is 6.11. The zero-order valence-electron chi connectivity index (χ0n) is 26.5. The van der Waals surface area contributed by atoms with Gasteiger partial charge < -0.3 is 13.7 Å². The van der Waals surface area contributed by atoms with E-state index in [1.807, 2.05) is 12.1 Å². The first-order valence-electron chi connectivity index (χ1n) is 16.6. The molecule has 0 radical (unpaired) electrons. The van der Waals surface area contributed by atoms with Crippen molar-refractivity contribution < 1.29 is 8.83 Å². The van der Waals surface area contributed by atoms with E-state index in [1.165, 1.54) is 10.8 Å². The maximum absolute atomic E-state index is 6.26. The van der Waals surface area contributed by atoms with Crippen LogP contribution in [0.2, 0.25) is 0 Å². The molecule has 0 aliphatic carbocycles. The number of nitrogens with zero attached hydrogens (tertiary/aromatic N) is 1. The molecule has 0 bridgehead atoms. The summed E-state index contributed by atoms with van der Waals surface area (Å²) in [6, 6.07) is 62.2. The molecule has 10 rings (SSSR count). The zero-order chi connectivity index (χ0) is 32.3. The van der Waals surface area contributed by atoms with Crippen molar-refractivity contribution in [1.82, 2.24) is 0 Å². The number of hydrogen-bond donors (Lipinski definition) is 0. The van der Waals surface area contributed by atoms with Gasteiger partial charge in [-0.3, -0.25) is 0 Å². The monoisotopic (exact) mass is 627 g/mol. The van der Waals surface area contributed by atoms with Crippen molar-refractivity contribution in [2.75, 3.05) is 4.90 Å². The maximum Gasteiger partial charge on any atom is 0.136 e. The van der Waals surface area contributed by atoms with Gasteiger partial charge in [-0.2, -0.15) is 0 Å². The minimum absolute atomic E-state index is 0.905. The molecule has 0 fully saturated rings. The number of benzene rings is 8. The minimum atomic E-state index is 0.905. The van der Waals surface area contributed by atoms with E-state index in [0.29, 0.717) is 0 Å². The van der Waals surface area contributed by atoms with E-state index in [2.05, 4.69) is 169 Å². The minimum Gasteiger partial charge on any atom is -0.456 e. The van der Waals surface area contributed by atoms with E-state index in [4.69, 9.17) is 8.83 Å². The van der Waals surface area contributed by atoms with Gasteiger partial charge in [0.15, 0.2) is 0 Å². The molecule has 2 aromatic heterocycles. The lowest BCUT2D eigenvalue weighted by Crippen LogP contribution is -2.09. The summed E-state index contributed by atoms with van der Waals surface area (Å²) in [7, 11) is 0. The maximum atomic E-state index is 6.26. The number of fused-ring (bicyclic) bond motifs is 7. The number of furan rings is 2. The third kappa shape index (κ3) is 4.67. The van der Waals surface area contributed by atoms with E-state index in [0.717, 1.165) is 83.2 Å². The number of rotatable bonds is 5. The second-order valence-corrected chi connectivity index (χ2v) is 12.6. The van der Waals surface area contributed by atoms with E-state index >= 15 is 0 Å². The first-order chi connectivity index (χ1) is 24.2. The fraction of sp³-hybridized carbons (Fsp3) is 0. The third-order valence-electron chi connectivity index (χ3n) is 9.65. The van der Waals surface area contributed by atoms with Crippen LogP contribution in [0.1, 0.15) is 0 Å². The molecule has 230 valence electrons. The molecular weight excluding hydrogens is 599 g/mol. The van der Waals surface area contributed by atoms with Crippen molar-refractivity contribution in [2.24, 2.45) is 0 Å². The molecule has 3 heteroatoms. The highest BCUT2D eigenvalue weighted by Gasteiger charge is 2.15. The van der Waals surface area contributed by atoms with Crippen LogP contribution in [-0.2, 0) is 0 Å². The van der Waals surface area contributed by atoms with E-state index in [9.17, 15) is 0 Å². The smallest absolute Gasteiger partial charge is 0.136 e. The van der Waals surface area contributed by atoms with Crippen LogP contribution < -0.4 is 4.90 Å². The van der Waals surface area contributed by atoms with Crippen molar-refractivity contribution in [3.05, 3.63) is 176 Å². The van der Waals surface area contributed by atoms with Gasteiger partial charge in [0.25, 0.3) is 0 Å². The van der Waals surface area contributed by atoms with Gasteiger partial charge >= 0.3 is 0 Å². The van der Waals surface area contributed by atoms with Crippen LogP contribution in [0, 0.1) is 0 Å². The fourth-order valence-electron chi connectivity index (χ4n) is 7.18. The summed E-state index contributed by atoms with van der Waals surface area (Å²) in [5.74, 6) is 0. The van der Waals surface area contributed by atoms with Crippen molar-refractivity contribution in [1.29, 1.82) is 0 Å². The van der Waals surface area contributed by atoms with Gasteiger partial charge in [0, 0.05) is 38.6 Å². The Hall–Kier alpha value is -6.58. The predicted molar refractivity (Wildman–Crippen MR) is 204 cm³/mol. The van der Waals surface area contributed by atoms with Gasteiger partial charge in [0.2, 0.25) is 0 Å². The molecule has 0 N–H and O–H groups in total. The summed E-state index contributed by atoms with van der Waals surface area (Å²) in [6.45, 7) is 0. The number of para-hydroxylation sites is 2. The summed E-state index contributed by atoms with van der Waals surface area (Å²) in [6.07, 6.45) is 0. The molecule has 0 saturated heterocycles. The second-order valence-electron chi connectivity index (χ2n) is 12.6. The second kappa shape index (κ2) is 11.0. The van der Waals surface area contributed by atoms with Crippen LogP contribution in [0.4, 0.5) is 17.1 Å². The molecule has 0 aliphatic heterocycles. The summed E-state index contributed by atoms with van der Waals surface area (Å²) in [5, 5.41) is 6.96. The van der Waals surface area contributed by atoms with Crippen LogP contribution in [0.3, 0.4) is 0 Å². The van der Waals surface area contributed by atoms with Gasteiger partial charge in [-0.05, 0) is 112 Å². The van der Waals surface area contributed by atoms with Crippen molar-refractivity contribution in [3.63, 3.8) is 0 Å². The largest absolute Gasteiger partial charge is 0.456 e. The Labute approximate surface area is 282 Å². The molecule has 10 aromatic rings. The Kier molecular flexibility index (Phi) is 6.18. The molecule has 0 amide bonds. The molecule has 2 heterocycles. The van der Waals surface area contributed by atoms with Gasteiger partial charge in [-0.15, -0.1) is 0 Å². The highest BCUT2D eigenvalue weighted by atomic mass is 16.3.